The summed E-state index contributed by atoms with van der Waals surface area (Å²) in [6.07, 6.45) is 3.88. The van der Waals surface area contributed by atoms with Crippen molar-refractivity contribution in [3.8, 4) is 0 Å². The summed E-state index contributed by atoms with van der Waals surface area (Å²) in [6.45, 7) is 4.86. The fraction of sp³-hybridized carbons (Fsp3) is 0.292. The third-order valence-electron chi connectivity index (χ3n) is 5.01. The van der Waals surface area contributed by atoms with Crippen LogP contribution in [0.15, 0.2) is 69.4 Å². The molecular formula is C24H25N3O3S2. The van der Waals surface area contributed by atoms with Crippen molar-refractivity contribution in [2.75, 3.05) is 6.61 Å². The number of fused-ring (bicyclic) bond motifs is 1. The maximum atomic E-state index is 11.9. The number of aryl methyl sites for hydroxylation is 1. The van der Waals surface area contributed by atoms with Gasteiger partial charge in [-0.1, -0.05) is 23.9 Å². The van der Waals surface area contributed by atoms with Gasteiger partial charge in [-0.2, -0.15) is 0 Å². The molecule has 0 saturated heterocycles. The predicted molar refractivity (Wildman–Crippen MR) is 128 cm³/mol. The van der Waals surface area contributed by atoms with E-state index in [0.717, 1.165) is 33.4 Å². The van der Waals surface area contributed by atoms with Crippen LogP contribution in [0.1, 0.15) is 30.4 Å². The van der Waals surface area contributed by atoms with Crippen LogP contribution in [-0.2, 0) is 27.6 Å². The maximum absolute atomic E-state index is 11.9. The largest absolute Gasteiger partial charge is 0.468 e. The van der Waals surface area contributed by atoms with Crippen LogP contribution < -0.4 is 0 Å². The van der Waals surface area contributed by atoms with E-state index in [1.165, 1.54) is 10.5 Å². The van der Waals surface area contributed by atoms with E-state index < -0.39 is 0 Å². The molecule has 0 fully saturated rings. The number of para-hydroxylation sites is 2. The molecule has 4 aromatic rings. The van der Waals surface area contributed by atoms with Gasteiger partial charge in [0.25, 0.3) is 0 Å². The highest BCUT2D eigenvalue weighted by molar-refractivity contribution is 7.98. The van der Waals surface area contributed by atoms with Crippen LogP contribution in [0, 0.1) is 6.92 Å². The SMILES string of the molecule is CCOC(=O)CCn1c(SCc2nccc(SCc3ccco3)c2C)nc2ccccc21. The summed E-state index contributed by atoms with van der Waals surface area (Å²) in [6, 6.07) is 13.9. The van der Waals surface area contributed by atoms with Gasteiger partial charge in [-0.05, 0) is 49.7 Å². The minimum Gasteiger partial charge on any atom is -0.468 e. The van der Waals surface area contributed by atoms with E-state index in [2.05, 4.69) is 16.5 Å². The van der Waals surface area contributed by atoms with Gasteiger partial charge in [-0.15, -0.1) is 11.8 Å². The predicted octanol–water partition coefficient (Wildman–Crippen LogP) is 5.87. The molecule has 0 spiro atoms. The van der Waals surface area contributed by atoms with Crippen molar-refractivity contribution in [1.29, 1.82) is 0 Å². The molecule has 0 radical (unpaired) electrons. The first kappa shape index (κ1) is 22.5. The van der Waals surface area contributed by atoms with E-state index in [1.807, 2.05) is 55.6 Å². The Morgan fingerprint density at radius 2 is 2.00 bits per heavy atom. The van der Waals surface area contributed by atoms with E-state index in [0.29, 0.717) is 25.3 Å². The first-order valence-corrected chi connectivity index (χ1v) is 12.5. The molecule has 32 heavy (non-hydrogen) atoms. The molecule has 6 nitrogen and oxygen atoms in total. The average molecular weight is 468 g/mol. The van der Waals surface area contributed by atoms with Gasteiger partial charge in [0, 0.05) is 23.4 Å². The minimum atomic E-state index is -0.194. The zero-order valence-electron chi connectivity index (χ0n) is 18.1. The molecule has 0 saturated carbocycles. The maximum Gasteiger partial charge on any atom is 0.307 e. The molecule has 4 rings (SSSR count). The number of carbonyl (C=O) groups excluding carboxylic acids is 1. The van der Waals surface area contributed by atoms with Crippen molar-refractivity contribution in [1.82, 2.24) is 14.5 Å². The van der Waals surface area contributed by atoms with E-state index in [4.69, 9.17) is 14.1 Å². The van der Waals surface area contributed by atoms with Crippen molar-refractivity contribution in [2.45, 2.75) is 48.4 Å². The Bertz CT molecular complexity index is 1190. The third-order valence-corrected chi connectivity index (χ3v) is 7.18. The molecule has 0 aliphatic carbocycles. The van der Waals surface area contributed by atoms with Gasteiger partial charge in [-0.3, -0.25) is 9.78 Å². The monoisotopic (exact) mass is 467 g/mol. The highest BCUT2D eigenvalue weighted by Gasteiger charge is 2.15. The van der Waals surface area contributed by atoms with E-state index in [1.54, 1.807) is 29.8 Å². The lowest BCUT2D eigenvalue weighted by atomic mass is 10.2. The Balaban J connectivity index is 1.49. The van der Waals surface area contributed by atoms with E-state index in [-0.39, 0.29) is 5.97 Å². The van der Waals surface area contributed by atoms with Gasteiger partial charge in [0.15, 0.2) is 5.16 Å². The zero-order valence-corrected chi connectivity index (χ0v) is 19.7. The first-order valence-electron chi connectivity index (χ1n) is 10.5. The molecule has 3 aromatic heterocycles. The second kappa shape index (κ2) is 10.7. The second-order valence-electron chi connectivity index (χ2n) is 7.13. The van der Waals surface area contributed by atoms with Gasteiger partial charge in [0.1, 0.15) is 5.76 Å². The standard InChI is InChI=1S/C24H25N3O3S2/c1-3-29-23(28)11-13-27-21-9-5-4-8-19(21)26-24(27)32-16-20-17(2)22(10-12-25-20)31-15-18-7-6-14-30-18/h4-10,12,14H,3,11,13,15-16H2,1-2H3. The Labute approximate surface area is 195 Å². The molecule has 0 aliphatic rings. The van der Waals surface area contributed by atoms with Gasteiger partial charge in [0.05, 0.1) is 41.8 Å². The van der Waals surface area contributed by atoms with Crippen molar-refractivity contribution < 1.29 is 13.9 Å². The lowest BCUT2D eigenvalue weighted by Gasteiger charge is -2.11. The van der Waals surface area contributed by atoms with Crippen LogP contribution in [-0.4, -0.2) is 27.1 Å². The number of nitrogens with zero attached hydrogens (tertiary/aromatic N) is 3. The molecular weight excluding hydrogens is 442 g/mol. The van der Waals surface area contributed by atoms with Crippen molar-refractivity contribution in [2.24, 2.45) is 0 Å². The Morgan fingerprint density at radius 1 is 1.12 bits per heavy atom. The fourth-order valence-electron chi connectivity index (χ4n) is 3.35. The summed E-state index contributed by atoms with van der Waals surface area (Å²) in [5.41, 5.74) is 4.15. The number of esters is 1. The Hall–Kier alpha value is -2.71. The normalized spacial score (nSPS) is 11.2. The number of rotatable bonds is 10. The molecule has 8 heteroatoms. The van der Waals surface area contributed by atoms with Crippen LogP contribution in [0.3, 0.4) is 0 Å². The number of imidazole rings is 1. The highest BCUT2D eigenvalue weighted by atomic mass is 32.2. The fourth-order valence-corrected chi connectivity index (χ4v) is 5.37. The summed E-state index contributed by atoms with van der Waals surface area (Å²) in [5, 5.41) is 0.880. The topological polar surface area (TPSA) is 70.2 Å². The zero-order chi connectivity index (χ0) is 22.3. The summed E-state index contributed by atoms with van der Waals surface area (Å²) in [4.78, 5) is 22.5. The third kappa shape index (κ3) is 5.37. The van der Waals surface area contributed by atoms with Crippen LogP contribution in [0.4, 0.5) is 0 Å². The van der Waals surface area contributed by atoms with Crippen LogP contribution in [0.25, 0.3) is 11.0 Å². The Kier molecular flexibility index (Phi) is 7.55. The number of benzene rings is 1. The summed E-state index contributed by atoms with van der Waals surface area (Å²) in [5.74, 6) is 2.25. The molecule has 0 aliphatic heterocycles. The van der Waals surface area contributed by atoms with Crippen molar-refractivity contribution in [3.63, 3.8) is 0 Å². The van der Waals surface area contributed by atoms with Gasteiger partial charge in [0.2, 0.25) is 0 Å². The molecule has 0 atom stereocenters. The highest BCUT2D eigenvalue weighted by Crippen LogP contribution is 2.31. The number of thioether (sulfide) groups is 2. The van der Waals surface area contributed by atoms with E-state index in [9.17, 15) is 4.79 Å². The first-order chi connectivity index (χ1) is 15.7. The van der Waals surface area contributed by atoms with Gasteiger partial charge < -0.3 is 13.7 Å². The number of ether oxygens (including phenoxy) is 1. The van der Waals surface area contributed by atoms with E-state index >= 15 is 0 Å². The van der Waals surface area contributed by atoms with Crippen molar-refractivity contribution in [3.05, 3.63) is 71.9 Å². The molecule has 166 valence electrons. The smallest absolute Gasteiger partial charge is 0.307 e. The molecule has 0 amide bonds. The van der Waals surface area contributed by atoms with Gasteiger partial charge in [-0.25, -0.2) is 4.98 Å². The molecule has 0 unspecified atom stereocenters. The number of hydrogen-bond donors (Lipinski definition) is 0. The lowest BCUT2D eigenvalue weighted by molar-refractivity contribution is -0.143. The second-order valence-corrected chi connectivity index (χ2v) is 9.09. The molecule has 1 aromatic carbocycles. The number of pyridine rings is 1. The van der Waals surface area contributed by atoms with Crippen LogP contribution in [0.5, 0.6) is 0 Å². The number of aromatic nitrogens is 3. The van der Waals surface area contributed by atoms with Gasteiger partial charge >= 0.3 is 5.97 Å². The quantitative estimate of drug-likeness (QED) is 0.213. The van der Waals surface area contributed by atoms with Crippen LogP contribution in [0.2, 0.25) is 0 Å². The van der Waals surface area contributed by atoms with Crippen LogP contribution >= 0.6 is 23.5 Å². The lowest BCUT2D eigenvalue weighted by Crippen LogP contribution is -2.09. The number of hydrogen-bond acceptors (Lipinski definition) is 7. The summed E-state index contributed by atoms with van der Waals surface area (Å²) < 4.78 is 12.6. The van der Waals surface area contributed by atoms with Crippen molar-refractivity contribution >= 4 is 40.5 Å². The average Bonchev–Trinajstić information content (AvgIpc) is 3.44. The molecule has 0 bridgehead atoms. The Morgan fingerprint density at radius 3 is 2.81 bits per heavy atom. The molecule has 0 N–H and O–H groups in total. The minimum absolute atomic E-state index is 0.194. The summed E-state index contributed by atoms with van der Waals surface area (Å²) in [7, 11) is 0. The number of carbonyl (C=O) groups is 1. The molecule has 3 heterocycles. The number of furan rings is 1. The summed E-state index contributed by atoms with van der Waals surface area (Å²) >= 11 is 3.39.